The highest BCUT2D eigenvalue weighted by molar-refractivity contribution is 5.98. The van der Waals surface area contributed by atoms with Crippen molar-refractivity contribution in [1.29, 1.82) is 0 Å². The Labute approximate surface area is 119 Å². The van der Waals surface area contributed by atoms with Gasteiger partial charge in [-0.3, -0.25) is 14.4 Å². The van der Waals surface area contributed by atoms with Crippen LogP contribution in [0.3, 0.4) is 0 Å². The molecule has 1 saturated carbocycles. The summed E-state index contributed by atoms with van der Waals surface area (Å²) in [6, 6.07) is -0.296. The lowest BCUT2D eigenvalue weighted by molar-refractivity contribution is -0.155. The van der Waals surface area contributed by atoms with Gasteiger partial charge in [0.05, 0.1) is 6.54 Å². The first-order chi connectivity index (χ1) is 9.66. The van der Waals surface area contributed by atoms with Crippen LogP contribution in [0.1, 0.15) is 44.9 Å². The van der Waals surface area contributed by atoms with E-state index in [1.54, 1.807) is 4.90 Å². The summed E-state index contributed by atoms with van der Waals surface area (Å²) in [5, 5.41) is 0. The molecule has 110 valence electrons. The second-order valence-corrected chi connectivity index (χ2v) is 6.24. The van der Waals surface area contributed by atoms with Gasteiger partial charge in [-0.25, -0.2) is 0 Å². The van der Waals surface area contributed by atoms with Crippen molar-refractivity contribution in [3.63, 3.8) is 0 Å². The third kappa shape index (κ3) is 2.45. The second kappa shape index (κ2) is 5.54. The number of hydrogen-bond acceptors (Lipinski definition) is 3. The van der Waals surface area contributed by atoms with Gasteiger partial charge < -0.3 is 9.80 Å². The zero-order valence-corrected chi connectivity index (χ0v) is 11.8. The van der Waals surface area contributed by atoms with E-state index in [0.29, 0.717) is 6.54 Å². The highest BCUT2D eigenvalue weighted by Gasteiger charge is 2.42. The molecule has 0 spiro atoms. The van der Waals surface area contributed by atoms with Gasteiger partial charge in [-0.05, 0) is 25.7 Å². The zero-order chi connectivity index (χ0) is 14.1. The quantitative estimate of drug-likeness (QED) is 0.773. The van der Waals surface area contributed by atoms with E-state index in [1.165, 1.54) is 11.3 Å². The summed E-state index contributed by atoms with van der Waals surface area (Å²) >= 11 is 0. The number of carbonyl (C=O) groups excluding carboxylic acids is 3. The summed E-state index contributed by atoms with van der Waals surface area (Å²) in [7, 11) is 0. The number of piperazine rings is 1. The first-order valence-corrected chi connectivity index (χ1v) is 7.78. The van der Waals surface area contributed by atoms with Crippen molar-refractivity contribution < 1.29 is 14.4 Å². The van der Waals surface area contributed by atoms with Crippen LogP contribution in [0.5, 0.6) is 0 Å². The molecule has 2 heterocycles. The molecule has 0 aromatic carbocycles. The maximum Gasteiger partial charge on any atom is 0.246 e. The molecule has 3 aliphatic rings. The molecule has 2 amide bonds. The number of nitrogens with zero attached hydrogens (tertiary/aromatic N) is 2. The molecule has 0 radical (unpaired) electrons. The van der Waals surface area contributed by atoms with Gasteiger partial charge in [0.2, 0.25) is 11.8 Å². The summed E-state index contributed by atoms with van der Waals surface area (Å²) in [6.45, 7) is 0.924. The Morgan fingerprint density at radius 1 is 1.05 bits per heavy atom. The highest BCUT2D eigenvalue weighted by atomic mass is 16.2. The van der Waals surface area contributed by atoms with Crippen LogP contribution in [0.4, 0.5) is 0 Å². The lowest BCUT2D eigenvalue weighted by Gasteiger charge is -2.36. The molecular weight excluding hydrogens is 256 g/mol. The van der Waals surface area contributed by atoms with Crippen molar-refractivity contribution >= 4 is 17.6 Å². The Hall–Kier alpha value is -1.39. The zero-order valence-electron chi connectivity index (χ0n) is 11.8. The van der Waals surface area contributed by atoms with Crippen LogP contribution in [-0.2, 0) is 14.4 Å². The smallest absolute Gasteiger partial charge is 0.246 e. The van der Waals surface area contributed by atoms with E-state index >= 15 is 0 Å². The van der Waals surface area contributed by atoms with E-state index in [0.717, 1.165) is 38.5 Å². The van der Waals surface area contributed by atoms with Gasteiger partial charge in [0, 0.05) is 12.5 Å². The summed E-state index contributed by atoms with van der Waals surface area (Å²) in [5.74, 6) is 0.236. The number of carbonyl (C=O) groups is 3. The standard InChI is InChI=1S/C15H22N2O3/c18-13(11-5-2-1-3-6-11)9-16-10-14(19)17-8-4-7-12(17)15(16)20/h11-12H,1-10H2. The molecule has 0 N–H and O–H groups in total. The van der Waals surface area contributed by atoms with Crippen molar-refractivity contribution in [2.24, 2.45) is 5.92 Å². The van der Waals surface area contributed by atoms with Gasteiger partial charge in [-0.1, -0.05) is 19.3 Å². The molecule has 1 atom stereocenters. The van der Waals surface area contributed by atoms with E-state index in [-0.39, 0.29) is 42.6 Å². The Balaban J connectivity index is 1.63. The van der Waals surface area contributed by atoms with Crippen LogP contribution in [-0.4, -0.2) is 53.1 Å². The number of rotatable bonds is 3. The molecule has 0 aromatic rings. The SMILES string of the molecule is O=C(CN1CC(=O)N2CCCC2C1=O)C1CCCCC1. The molecule has 1 aliphatic carbocycles. The first kappa shape index (κ1) is 13.6. The molecule has 5 heteroatoms. The van der Waals surface area contributed by atoms with Gasteiger partial charge in [0.15, 0.2) is 5.78 Å². The van der Waals surface area contributed by atoms with Crippen molar-refractivity contribution in [1.82, 2.24) is 9.80 Å². The fourth-order valence-electron chi connectivity index (χ4n) is 3.74. The van der Waals surface area contributed by atoms with Gasteiger partial charge in [-0.15, -0.1) is 0 Å². The molecule has 20 heavy (non-hydrogen) atoms. The molecule has 0 bridgehead atoms. The second-order valence-electron chi connectivity index (χ2n) is 6.24. The molecule has 3 fully saturated rings. The normalized spacial score (nSPS) is 27.9. The molecule has 3 rings (SSSR count). The van der Waals surface area contributed by atoms with Crippen LogP contribution in [0.2, 0.25) is 0 Å². The van der Waals surface area contributed by atoms with Crippen LogP contribution < -0.4 is 0 Å². The van der Waals surface area contributed by atoms with Crippen LogP contribution in [0.25, 0.3) is 0 Å². The average Bonchev–Trinajstić information content (AvgIpc) is 2.95. The lowest BCUT2D eigenvalue weighted by Crippen LogP contribution is -2.58. The fraction of sp³-hybridized carbons (Fsp3) is 0.800. The maximum absolute atomic E-state index is 12.4. The van der Waals surface area contributed by atoms with Crippen LogP contribution in [0.15, 0.2) is 0 Å². The van der Waals surface area contributed by atoms with E-state index in [4.69, 9.17) is 0 Å². The Bertz CT molecular complexity index is 429. The molecule has 2 aliphatic heterocycles. The average molecular weight is 278 g/mol. The van der Waals surface area contributed by atoms with Crippen LogP contribution >= 0.6 is 0 Å². The summed E-state index contributed by atoms with van der Waals surface area (Å²) in [5.41, 5.74) is 0. The molecule has 0 aromatic heterocycles. The minimum Gasteiger partial charge on any atom is -0.329 e. The predicted molar refractivity (Wildman–Crippen MR) is 72.9 cm³/mol. The third-order valence-corrected chi connectivity index (χ3v) is 4.90. The number of fused-ring (bicyclic) bond motifs is 1. The van der Waals surface area contributed by atoms with Gasteiger partial charge in [0.1, 0.15) is 12.6 Å². The summed E-state index contributed by atoms with van der Waals surface area (Å²) in [6.07, 6.45) is 6.97. The third-order valence-electron chi connectivity index (χ3n) is 4.90. The van der Waals surface area contributed by atoms with Gasteiger partial charge in [0.25, 0.3) is 0 Å². The Morgan fingerprint density at radius 3 is 2.55 bits per heavy atom. The van der Waals surface area contributed by atoms with E-state index in [1.807, 2.05) is 0 Å². The number of amides is 2. The molecular formula is C15H22N2O3. The fourth-order valence-corrected chi connectivity index (χ4v) is 3.74. The summed E-state index contributed by atoms with van der Waals surface area (Å²) < 4.78 is 0. The molecule has 1 unspecified atom stereocenters. The van der Waals surface area contributed by atoms with Crippen LogP contribution in [0, 0.1) is 5.92 Å². The van der Waals surface area contributed by atoms with Crippen molar-refractivity contribution in [2.75, 3.05) is 19.6 Å². The monoisotopic (exact) mass is 278 g/mol. The highest BCUT2D eigenvalue weighted by Crippen LogP contribution is 2.27. The lowest BCUT2D eigenvalue weighted by atomic mass is 9.86. The Kier molecular flexibility index (Phi) is 3.76. The van der Waals surface area contributed by atoms with E-state index < -0.39 is 0 Å². The summed E-state index contributed by atoms with van der Waals surface area (Å²) in [4.78, 5) is 39.8. The van der Waals surface area contributed by atoms with E-state index in [9.17, 15) is 14.4 Å². The first-order valence-electron chi connectivity index (χ1n) is 7.78. The molecule has 2 saturated heterocycles. The maximum atomic E-state index is 12.4. The number of ketones is 1. The van der Waals surface area contributed by atoms with Crippen molar-refractivity contribution in [2.45, 2.75) is 51.0 Å². The van der Waals surface area contributed by atoms with Crippen molar-refractivity contribution in [3.8, 4) is 0 Å². The van der Waals surface area contributed by atoms with E-state index in [2.05, 4.69) is 0 Å². The predicted octanol–water partition coefficient (Wildman–Crippen LogP) is 0.969. The number of hydrogen-bond donors (Lipinski definition) is 0. The topological polar surface area (TPSA) is 57.7 Å². The van der Waals surface area contributed by atoms with Gasteiger partial charge in [-0.2, -0.15) is 0 Å². The minimum absolute atomic E-state index is 0.00328. The minimum atomic E-state index is -0.296. The largest absolute Gasteiger partial charge is 0.329 e. The van der Waals surface area contributed by atoms with Gasteiger partial charge >= 0.3 is 0 Å². The Morgan fingerprint density at radius 2 is 1.80 bits per heavy atom. The molecule has 5 nitrogen and oxygen atoms in total. The van der Waals surface area contributed by atoms with Crippen molar-refractivity contribution in [3.05, 3.63) is 0 Å². The number of Topliss-reactive ketones (excluding diaryl/α,β-unsaturated/α-hetero) is 1.